The molecule has 0 spiro atoms. The Morgan fingerprint density at radius 3 is 2.44 bits per heavy atom. The first-order chi connectivity index (χ1) is 11.8. The van der Waals surface area contributed by atoms with Crippen molar-refractivity contribution in [1.82, 2.24) is 0 Å². The second kappa shape index (κ2) is 8.15. The smallest absolute Gasteiger partial charge is 0.335 e. The molecule has 2 rings (SSSR count). The standard InChI is InChI=1S/C23H28O2/c1-17(10-15-21-18(2)8-6-16-23(21,3)4)7-5-9-19-11-13-20(14-12-19)22(24)25/h5,7,9-15H,6,8,16H2,1-4H3,(H,24,25)/b9-5+,15-10-,17-7-. The predicted molar refractivity (Wildman–Crippen MR) is 106 cm³/mol. The van der Waals surface area contributed by atoms with Gasteiger partial charge in [-0.3, -0.25) is 0 Å². The molecule has 0 amide bonds. The maximum atomic E-state index is 10.8. The molecule has 0 atom stereocenters. The van der Waals surface area contributed by atoms with E-state index in [0.717, 1.165) is 5.56 Å². The molecular formula is C23H28O2. The highest BCUT2D eigenvalue weighted by molar-refractivity contribution is 5.87. The van der Waals surface area contributed by atoms with Gasteiger partial charge in [-0.05, 0) is 61.8 Å². The predicted octanol–water partition coefficient (Wildman–Crippen LogP) is 6.43. The lowest BCUT2D eigenvalue weighted by atomic mass is 9.72. The van der Waals surface area contributed by atoms with Gasteiger partial charge in [0.05, 0.1) is 5.56 Å². The van der Waals surface area contributed by atoms with E-state index < -0.39 is 5.97 Å². The number of hydrogen-bond donors (Lipinski definition) is 1. The maximum absolute atomic E-state index is 10.8. The molecule has 0 aromatic heterocycles. The monoisotopic (exact) mass is 336 g/mol. The van der Waals surface area contributed by atoms with Crippen LogP contribution in [0.4, 0.5) is 0 Å². The van der Waals surface area contributed by atoms with E-state index in [4.69, 9.17) is 5.11 Å². The van der Waals surface area contributed by atoms with Crippen molar-refractivity contribution in [3.05, 3.63) is 76.4 Å². The molecule has 0 radical (unpaired) electrons. The van der Waals surface area contributed by atoms with Gasteiger partial charge in [-0.15, -0.1) is 0 Å². The van der Waals surface area contributed by atoms with Gasteiger partial charge in [0.1, 0.15) is 0 Å². The van der Waals surface area contributed by atoms with Gasteiger partial charge in [0, 0.05) is 0 Å². The summed E-state index contributed by atoms with van der Waals surface area (Å²) in [5.74, 6) is -0.897. The third kappa shape index (κ3) is 5.32. The molecule has 0 unspecified atom stereocenters. The van der Waals surface area contributed by atoms with E-state index in [0.29, 0.717) is 5.56 Å². The summed E-state index contributed by atoms with van der Waals surface area (Å²) in [6, 6.07) is 6.88. The van der Waals surface area contributed by atoms with Crippen LogP contribution in [0.25, 0.3) is 6.08 Å². The van der Waals surface area contributed by atoms with Crippen LogP contribution < -0.4 is 0 Å². The average molecular weight is 336 g/mol. The summed E-state index contributed by atoms with van der Waals surface area (Å²) in [5, 5.41) is 8.91. The van der Waals surface area contributed by atoms with Crippen LogP contribution in [0.15, 0.2) is 65.3 Å². The van der Waals surface area contributed by atoms with Crippen LogP contribution in [0.3, 0.4) is 0 Å². The summed E-state index contributed by atoms with van der Waals surface area (Å²) in [7, 11) is 0. The first-order valence-electron chi connectivity index (χ1n) is 8.86. The van der Waals surface area contributed by atoms with Gasteiger partial charge >= 0.3 is 5.97 Å². The number of aromatic carboxylic acids is 1. The van der Waals surface area contributed by atoms with E-state index in [2.05, 4.69) is 45.9 Å². The van der Waals surface area contributed by atoms with Crippen molar-refractivity contribution >= 4 is 12.0 Å². The largest absolute Gasteiger partial charge is 0.478 e. The Morgan fingerprint density at radius 2 is 1.84 bits per heavy atom. The second-order valence-corrected chi connectivity index (χ2v) is 7.46. The van der Waals surface area contributed by atoms with Crippen LogP contribution >= 0.6 is 0 Å². The first kappa shape index (κ1) is 19.0. The van der Waals surface area contributed by atoms with Gasteiger partial charge in [-0.2, -0.15) is 0 Å². The minimum absolute atomic E-state index is 0.265. The lowest BCUT2D eigenvalue weighted by Crippen LogP contribution is -2.19. The number of carbonyl (C=O) groups is 1. The van der Waals surface area contributed by atoms with Crippen molar-refractivity contribution in [3.8, 4) is 0 Å². The van der Waals surface area contributed by atoms with E-state index in [-0.39, 0.29) is 5.41 Å². The van der Waals surface area contributed by atoms with Gasteiger partial charge in [0.25, 0.3) is 0 Å². The Balaban J connectivity index is 2.05. The minimum atomic E-state index is -0.897. The number of carboxylic acid groups (broad SMARTS) is 1. The highest BCUT2D eigenvalue weighted by atomic mass is 16.4. The lowest BCUT2D eigenvalue weighted by molar-refractivity contribution is 0.0697. The van der Waals surface area contributed by atoms with Crippen LogP contribution in [0, 0.1) is 5.41 Å². The van der Waals surface area contributed by atoms with E-state index in [9.17, 15) is 4.79 Å². The fraction of sp³-hybridized carbons (Fsp3) is 0.348. The van der Waals surface area contributed by atoms with Crippen molar-refractivity contribution in [3.63, 3.8) is 0 Å². The Morgan fingerprint density at radius 1 is 1.16 bits per heavy atom. The molecule has 0 saturated carbocycles. The lowest BCUT2D eigenvalue weighted by Gasteiger charge is -2.32. The van der Waals surface area contributed by atoms with Crippen molar-refractivity contribution in [1.29, 1.82) is 0 Å². The highest BCUT2D eigenvalue weighted by Gasteiger charge is 2.26. The van der Waals surface area contributed by atoms with E-state index >= 15 is 0 Å². The number of rotatable bonds is 5. The Kier molecular flexibility index (Phi) is 6.19. The molecule has 2 nitrogen and oxygen atoms in total. The molecule has 0 saturated heterocycles. The van der Waals surface area contributed by atoms with E-state index in [1.54, 1.807) is 12.1 Å². The van der Waals surface area contributed by atoms with E-state index in [1.807, 2.05) is 24.3 Å². The highest BCUT2D eigenvalue weighted by Crippen LogP contribution is 2.40. The zero-order valence-electron chi connectivity index (χ0n) is 15.7. The number of carboxylic acids is 1. The summed E-state index contributed by atoms with van der Waals surface area (Å²) in [6.45, 7) is 9.00. The third-order valence-corrected chi connectivity index (χ3v) is 4.86. The second-order valence-electron chi connectivity index (χ2n) is 7.46. The molecule has 1 aliphatic rings. The Labute approximate surface area is 151 Å². The van der Waals surface area contributed by atoms with Crippen LogP contribution in [-0.4, -0.2) is 11.1 Å². The van der Waals surface area contributed by atoms with Crippen molar-refractivity contribution in [2.24, 2.45) is 5.41 Å². The zero-order chi connectivity index (χ0) is 18.4. The van der Waals surface area contributed by atoms with Gasteiger partial charge < -0.3 is 5.11 Å². The van der Waals surface area contributed by atoms with Crippen molar-refractivity contribution < 1.29 is 9.90 Å². The van der Waals surface area contributed by atoms with Crippen LogP contribution in [0.1, 0.15) is 62.9 Å². The van der Waals surface area contributed by atoms with Crippen molar-refractivity contribution in [2.75, 3.05) is 0 Å². The molecule has 1 aromatic rings. The molecule has 1 N–H and O–H groups in total. The molecule has 0 aliphatic heterocycles. The molecule has 2 heteroatoms. The number of hydrogen-bond acceptors (Lipinski definition) is 1. The summed E-state index contributed by atoms with van der Waals surface area (Å²) >= 11 is 0. The SMILES string of the molecule is CC1=C(\C=C/C(C)=C\C=C\c2ccc(C(=O)O)cc2)C(C)(C)CCC1. The molecule has 132 valence electrons. The van der Waals surface area contributed by atoms with Gasteiger partial charge in [0.15, 0.2) is 0 Å². The number of benzene rings is 1. The molecule has 0 bridgehead atoms. The maximum Gasteiger partial charge on any atom is 0.335 e. The zero-order valence-corrected chi connectivity index (χ0v) is 15.7. The minimum Gasteiger partial charge on any atom is -0.478 e. The van der Waals surface area contributed by atoms with Crippen LogP contribution in [-0.2, 0) is 0 Å². The molecule has 1 aromatic carbocycles. The normalized spacial score (nSPS) is 18.3. The average Bonchev–Trinajstić information content (AvgIpc) is 2.54. The molecule has 1 aliphatic carbocycles. The van der Waals surface area contributed by atoms with Crippen LogP contribution in [0.2, 0.25) is 0 Å². The topological polar surface area (TPSA) is 37.3 Å². The summed E-state index contributed by atoms with van der Waals surface area (Å²) in [5.41, 5.74) is 5.74. The third-order valence-electron chi connectivity index (χ3n) is 4.86. The van der Waals surface area contributed by atoms with Gasteiger partial charge in [-0.25, -0.2) is 4.79 Å². The molecular weight excluding hydrogens is 308 g/mol. The van der Waals surface area contributed by atoms with E-state index in [1.165, 1.54) is 36.0 Å². The molecule has 25 heavy (non-hydrogen) atoms. The molecule has 0 heterocycles. The summed E-state index contributed by atoms with van der Waals surface area (Å²) in [4.78, 5) is 10.8. The fourth-order valence-electron chi connectivity index (χ4n) is 3.33. The molecule has 0 fully saturated rings. The van der Waals surface area contributed by atoms with Crippen LogP contribution in [0.5, 0.6) is 0 Å². The quantitative estimate of drug-likeness (QED) is 0.629. The summed E-state index contributed by atoms with van der Waals surface area (Å²) < 4.78 is 0. The Hall–Kier alpha value is -2.35. The first-order valence-corrected chi connectivity index (χ1v) is 8.86. The summed E-state index contributed by atoms with van der Waals surface area (Å²) in [6.07, 6.45) is 14.3. The fourth-order valence-corrected chi connectivity index (χ4v) is 3.33. The van der Waals surface area contributed by atoms with Gasteiger partial charge in [-0.1, -0.05) is 67.5 Å². The Bertz CT molecular complexity index is 741. The van der Waals surface area contributed by atoms with Crippen molar-refractivity contribution in [2.45, 2.75) is 47.0 Å². The van der Waals surface area contributed by atoms with Gasteiger partial charge in [0.2, 0.25) is 0 Å². The number of allylic oxidation sites excluding steroid dienone is 7.